The van der Waals surface area contributed by atoms with Crippen LogP contribution in [-0.2, 0) is 16.1 Å². The highest BCUT2D eigenvalue weighted by Crippen LogP contribution is 2.31. The second-order valence-electron chi connectivity index (χ2n) is 8.05. The zero-order chi connectivity index (χ0) is 20.3. The highest BCUT2D eigenvalue weighted by atomic mass is 16.5. The van der Waals surface area contributed by atoms with Crippen molar-refractivity contribution in [2.24, 2.45) is 11.8 Å². The maximum atomic E-state index is 12.5. The van der Waals surface area contributed by atoms with Crippen LogP contribution in [0.15, 0.2) is 16.9 Å². The summed E-state index contributed by atoms with van der Waals surface area (Å²) >= 11 is 0. The second-order valence-corrected chi connectivity index (χ2v) is 8.05. The molecule has 1 fully saturated rings. The lowest BCUT2D eigenvalue weighted by Gasteiger charge is -2.27. The van der Waals surface area contributed by atoms with Crippen molar-refractivity contribution >= 4 is 23.0 Å². The van der Waals surface area contributed by atoms with Gasteiger partial charge in [0.05, 0.1) is 18.5 Å². The van der Waals surface area contributed by atoms with E-state index in [1.807, 2.05) is 33.3 Å². The van der Waals surface area contributed by atoms with Gasteiger partial charge in [0.25, 0.3) is 0 Å². The molecular formula is C20H31N5O3. The van der Waals surface area contributed by atoms with Crippen LogP contribution in [0.5, 0.6) is 0 Å². The summed E-state index contributed by atoms with van der Waals surface area (Å²) in [6.07, 6.45) is 3.48. The third kappa shape index (κ3) is 4.55. The number of methoxy groups -OCH3 is 1. The minimum atomic E-state index is -0.120. The highest BCUT2D eigenvalue weighted by Gasteiger charge is 2.27. The Labute approximate surface area is 165 Å². The van der Waals surface area contributed by atoms with E-state index in [1.54, 1.807) is 4.57 Å². The molecule has 2 heterocycles. The highest BCUT2D eigenvalue weighted by molar-refractivity contribution is 5.73. The molecule has 1 saturated carbocycles. The zero-order valence-corrected chi connectivity index (χ0v) is 17.3. The Morgan fingerprint density at radius 3 is 2.57 bits per heavy atom. The molecule has 28 heavy (non-hydrogen) atoms. The van der Waals surface area contributed by atoms with E-state index in [2.05, 4.69) is 14.8 Å². The Morgan fingerprint density at radius 1 is 1.21 bits per heavy atom. The average molecular weight is 390 g/mol. The number of fused-ring (bicyclic) bond motifs is 1. The first-order chi connectivity index (χ1) is 13.4. The van der Waals surface area contributed by atoms with Crippen molar-refractivity contribution in [1.82, 2.24) is 19.4 Å². The van der Waals surface area contributed by atoms with Gasteiger partial charge < -0.3 is 19.5 Å². The van der Waals surface area contributed by atoms with Crippen LogP contribution < -0.4 is 10.6 Å². The number of hydrogen-bond acceptors (Lipinski definition) is 6. The van der Waals surface area contributed by atoms with Gasteiger partial charge in [-0.1, -0.05) is 0 Å². The number of aromatic amines is 1. The lowest BCUT2D eigenvalue weighted by molar-refractivity contribution is -0.146. The summed E-state index contributed by atoms with van der Waals surface area (Å²) in [4.78, 5) is 36.1. The normalized spacial score (nSPS) is 19.9. The number of rotatable bonds is 7. The van der Waals surface area contributed by atoms with Gasteiger partial charge in [0, 0.05) is 26.7 Å². The number of nitrogens with zero attached hydrogens (tertiary/aromatic N) is 4. The van der Waals surface area contributed by atoms with Gasteiger partial charge in [0.15, 0.2) is 5.65 Å². The third-order valence-corrected chi connectivity index (χ3v) is 5.70. The fourth-order valence-electron chi connectivity index (χ4n) is 3.87. The summed E-state index contributed by atoms with van der Waals surface area (Å²) < 4.78 is 6.61. The molecule has 1 aliphatic rings. The van der Waals surface area contributed by atoms with Gasteiger partial charge in [-0.05, 0) is 57.8 Å². The number of imidazole rings is 1. The molecule has 3 rings (SSSR count). The Hall–Kier alpha value is -2.35. The van der Waals surface area contributed by atoms with Crippen LogP contribution in [0, 0.1) is 11.8 Å². The van der Waals surface area contributed by atoms with Gasteiger partial charge in [-0.15, -0.1) is 0 Å². The van der Waals surface area contributed by atoms with E-state index in [1.165, 1.54) is 7.11 Å². The molecule has 0 aromatic carbocycles. The molecule has 8 heteroatoms. The van der Waals surface area contributed by atoms with Gasteiger partial charge in [0.1, 0.15) is 5.82 Å². The van der Waals surface area contributed by atoms with Crippen LogP contribution in [0.25, 0.3) is 11.2 Å². The Bertz CT molecular complexity index is 864. The van der Waals surface area contributed by atoms with Crippen molar-refractivity contribution in [2.75, 3.05) is 46.2 Å². The predicted molar refractivity (Wildman–Crippen MR) is 110 cm³/mol. The van der Waals surface area contributed by atoms with E-state index in [-0.39, 0.29) is 17.6 Å². The maximum absolute atomic E-state index is 12.5. The summed E-state index contributed by atoms with van der Waals surface area (Å²) in [5.74, 6) is 1.11. The minimum absolute atomic E-state index is 0.00369. The van der Waals surface area contributed by atoms with Crippen LogP contribution in [0.2, 0.25) is 0 Å². The molecule has 0 unspecified atom stereocenters. The number of aromatic nitrogens is 3. The number of hydrogen-bond donors (Lipinski definition) is 1. The number of anilines is 1. The molecule has 0 atom stereocenters. The van der Waals surface area contributed by atoms with Crippen molar-refractivity contribution in [1.29, 1.82) is 0 Å². The molecule has 1 N–H and O–H groups in total. The summed E-state index contributed by atoms with van der Waals surface area (Å²) in [5, 5.41) is 0. The summed E-state index contributed by atoms with van der Waals surface area (Å²) in [6, 6.07) is 3.87. The molecule has 0 bridgehead atoms. The predicted octanol–water partition coefficient (Wildman–Crippen LogP) is 1.70. The number of pyridine rings is 1. The number of ether oxygens (including phenoxy) is 1. The van der Waals surface area contributed by atoms with Gasteiger partial charge in [0.2, 0.25) is 0 Å². The standard InChI is InChI=1S/C20H31N5O3/c1-23(2)11-12-24(3)17-10-9-16-18(22-17)25(20(27)21-16)13-14-5-7-15(8-6-14)19(26)28-4/h9-10,14-15H,5-8,11-13H2,1-4H3,(H,21,27). The fraction of sp³-hybridized carbons (Fsp3) is 0.650. The number of nitrogens with one attached hydrogen (secondary N) is 1. The fourth-order valence-corrected chi connectivity index (χ4v) is 3.87. The molecule has 0 saturated heterocycles. The topological polar surface area (TPSA) is 83.5 Å². The summed E-state index contributed by atoms with van der Waals surface area (Å²) in [6.45, 7) is 2.42. The van der Waals surface area contributed by atoms with Crippen molar-refractivity contribution in [3.05, 3.63) is 22.6 Å². The molecule has 0 spiro atoms. The van der Waals surface area contributed by atoms with Crippen LogP contribution >= 0.6 is 0 Å². The van der Waals surface area contributed by atoms with Crippen LogP contribution in [0.4, 0.5) is 5.82 Å². The maximum Gasteiger partial charge on any atom is 0.327 e. The number of carbonyl (C=O) groups is 1. The van der Waals surface area contributed by atoms with Crippen molar-refractivity contribution < 1.29 is 9.53 Å². The molecule has 1 aliphatic carbocycles. The lowest BCUT2D eigenvalue weighted by Crippen LogP contribution is -2.29. The van der Waals surface area contributed by atoms with E-state index in [0.717, 1.165) is 50.1 Å². The number of likely N-dealkylation sites (N-methyl/N-ethyl adjacent to an activating group) is 2. The van der Waals surface area contributed by atoms with Gasteiger partial charge in [-0.3, -0.25) is 9.36 Å². The van der Waals surface area contributed by atoms with Crippen molar-refractivity contribution in [3.8, 4) is 0 Å². The Balaban J connectivity index is 1.74. The van der Waals surface area contributed by atoms with E-state index in [9.17, 15) is 9.59 Å². The SMILES string of the molecule is COC(=O)C1CCC(Cn2c(=O)[nH]c3ccc(N(C)CCN(C)C)nc32)CC1. The molecule has 2 aromatic rings. The number of esters is 1. The second kappa shape index (κ2) is 8.77. The summed E-state index contributed by atoms with van der Waals surface area (Å²) in [7, 11) is 7.55. The van der Waals surface area contributed by atoms with Gasteiger partial charge in [-0.2, -0.15) is 0 Å². The van der Waals surface area contributed by atoms with E-state index in [0.29, 0.717) is 18.1 Å². The molecular weight excluding hydrogens is 358 g/mol. The summed E-state index contributed by atoms with van der Waals surface area (Å²) in [5.41, 5.74) is 1.35. The molecule has 154 valence electrons. The van der Waals surface area contributed by atoms with Crippen LogP contribution in [-0.4, -0.2) is 66.7 Å². The average Bonchev–Trinajstić information content (AvgIpc) is 3.00. The van der Waals surface area contributed by atoms with E-state index < -0.39 is 0 Å². The van der Waals surface area contributed by atoms with E-state index >= 15 is 0 Å². The first-order valence-corrected chi connectivity index (χ1v) is 9.92. The number of carbonyl (C=O) groups excluding carboxylic acids is 1. The molecule has 0 radical (unpaired) electrons. The molecule has 0 amide bonds. The Kier molecular flexibility index (Phi) is 6.39. The Morgan fingerprint density at radius 2 is 1.93 bits per heavy atom. The lowest BCUT2D eigenvalue weighted by atomic mass is 9.82. The third-order valence-electron chi connectivity index (χ3n) is 5.70. The van der Waals surface area contributed by atoms with Crippen LogP contribution in [0.1, 0.15) is 25.7 Å². The molecule has 8 nitrogen and oxygen atoms in total. The smallest absolute Gasteiger partial charge is 0.327 e. The minimum Gasteiger partial charge on any atom is -0.469 e. The van der Waals surface area contributed by atoms with E-state index in [4.69, 9.17) is 9.72 Å². The first-order valence-electron chi connectivity index (χ1n) is 9.92. The van der Waals surface area contributed by atoms with Gasteiger partial charge in [-0.25, -0.2) is 9.78 Å². The van der Waals surface area contributed by atoms with Crippen molar-refractivity contribution in [3.63, 3.8) is 0 Å². The number of H-pyrrole nitrogens is 1. The van der Waals surface area contributed by atoms with Crippen molar-refractivity contribution in [2.45, 2.75) is 32.2 Å². The monoisotopic (exact) mass is 389 g/mol. The van der Waals surface area contributed by atoms with Gasteiger partial charge >= 0.3 is 11.7 Å². The quantitative estimate of drug-likeness (QED) is 0.726. The van der Waals surface area contributed by atoms with Crippen LogP contribution in [0.3, 0.4) is 0 Å². The largest absolute Gasteiger partial charge is 0.469 e. The zero-order valence-electron chi connectivity index (χ0n) is 17.3. The first kappa shape index (κ1) is 20.4. The molecule has 0 aliphatic heterocycles. The molecule has 2 aromatic heterocycles.